The number of likely N-dealkylation sites (tertiary alicyclic amines) is 1. The first-order chi connectivity index (χ1) is 16.7. The summed E-state index contributed by atoms with van der Waals surface area (Å²) in [6.45, 7) is 6.49. The highest BCUT2D eigenvalue weighted by Crippen LogP contribution is 2.68. The van der Waals surface area contributed by atoms with Crippen molar-refractivity contribution in [2.45, 2.75) is 73.4 Å². The fraction of sp³-hybridized carbons (Fsp3) is 0.654. The van der Waals surface area contributed by atoms with Crippen molar-refractivity contribution in [3.05, 3.63) is 30.3 Å². The summed E-state index contributed by atoms with van der Waals surface area (Å²) in [4.78, 5) is 43.0. The van der Waals surface area contributed by atoms with Gasteiger partial charge in [0.1, 0.15) is 6.04 Å². The molecule has 0 aliphatic carbocycles. The highest BCUT2D eigenvalue weighted by molar-refractivity contribution is 9.09. The number of benzene rings is 1. The number of aliphatic hydroxyl groups excluding tert-OH is 1. The Balaban J connectivity index is 1.71. The number of anilines is 1. The summed E-state index contributed by atoms with van der Waals surface area (Å²) >= 11 is 5.41. The van der Waals surface area contributed by atoms with Crippen LogP contribution in [0.15, 0.2) is 30.3 Å². The molecule has 3 aliphatic heterocycles. The number of carbonyl (C=O) groups excluding carboxylic acids is 3. The number of hydrogen-bond donors (Lipinski definition) is 3. The monoisotopic (exact) mass is 565 g/mol. The Hall–Kier alpha value is -1.58. The molecule has 0 radical (unpaired) electrons. The molecular weight excluding hydrogens is 530 g/mol. The van der Waals surface area contributed by atoms with Crippen molar-refractivity contribution in [3.8, 4) is 0 Å². The van der Waals surface area contributed by atoms with Gasteiger partial charge in [-0.1, -0.05) is 61.3 Å². The SMILES string of the molecule is CCCCNC(=O)C1N([C@@H](CO)CC(C)C)C(=O)[C@@H]2[C@H](C(=O)Nc3ccccc3)[C@H]3SC12CC3Br. The Morgan fingerprint density at radius 1 is 1.26 bits per heavy atom. The molecule has 1 aromatic rings. The van der Waals surface area contributed by atoms with Crippen LogP contribution in [-0.4, -0.2) is 67.8 Å². The van der Waals surface area contributed by atoms with Crippen LogP contribution in [-0.2, 0) is 14.4 Å². The minimum Gasteiger partial charge on any atom is -0.394 e. The average molecular weight is 567 g/mol. The molecule has 3 saturated heterocycles. The minimum atomic E-state index is -0.711. The van der Waals surface area contributed by atoms with Crippen molar-refractivity contribution < 1.29 is 19.5 Å². The molecule has 0 aromatic heterocycles. The zero-order chi connectivity index (χ0) is 25.3. The van der Waals surface area contributed by atoms with Crippen molar-refractivity contribution in [3.63, 3.8) is 0 Å². The number of hydrogen-bond acceptors (Lipinski definition) is 5. The van der Waals surface area contributed by atoms with Gasteiger partial charge in [-0.25, -0.2) is 0 Å². The number of nitrogens with one attached hydrogen (secondary N) is 2. The Kier molecular flexibility index (Phi) is 8.18. The third-order valence-electron chi connectivity index (χ3n) is 7.50. The average Bonchev–Trinajstić information content (AvgIpc) is 3.41. The quantitative estimate of drug-likeness (QED) is 0.298. The summed E-state index contributed by atoms with van der Waals surface area (Å²) in [5.41, 5.74) is 0.689. The van der Waals surface area contributed by atoms with Crippen LogP contribution in [0, 0.1) is 17.8 Å². The fourth-order valence-corrected chi connectivity index (χ4v) is 9.71. The molecule has 9 heteroatoms. The number of fused-ring (bicyclic) bond motifs is 1. The van der Waals surface area contributed by atoms with Gasteiger partial charge in [0.15, 0.2) is 0 Å². The Bertz CT molecular complexity index is 948. The van der Waals surface area contributed by atoms with E-state index < -0.39 is 28.7 Å². The lowest BCUT2D eigenvalue weighted by Crippen LogP contribution is -2.57. The van der Waals surface area contributed by atoms with Crippen LogP contribution in [0.25, 0.3) is 0 Å². The van der Waals surface area contributed by atoms with Gasteiger partial charge in [0, 0.05) is 22.3 Å². The summed E-state index contributed by atoms with van der Waals surface area (Å²) in [6, 6.07) is 8.09. The number of thioether (sulfide) groups is 1. The fourth-order valence-electron chi connectivity index (χ4n) is 6.11. The molecule has 1 spiro atoms. The summed E-state index contributed by atoms with van der Waals surface area (Å²) < 4.78 is -0.699. The minimum absolute atomic E-state index is 0.0200. The van der Waals surface area contributed by atoms with Gasteiger partial charge >= 0.3 is 0 Å². The predicted molar refractivity (Wildman–Crippen MR) is 142 cm³/mol. The molecule has 2 bridgehead atoms. The van der Waals surface area contributed by atoms with Crippen LogP contribution >= 0.6 is 27.7 Å². The summed E-state index contributed by atoms with van der Waals surface area (Å²) in [5.74, 6) is -1.45. The van der Waals surface area contributed by atoms with E-state index in [9.17, 15) is 19.5 Å². The highest BCUT2D eigenvalue weighted by atomic mass is 79.9. The summed E-state index contributed by atoms with van der Waals surface area (Å²) in [7, 11) is 0. The van der Waals surface area contributed by atoms with Crippen LogP contribution in [0.4, 0.5) is 5.69 Å². The number of alkyl halides is 1. The molecular formula is C26H36BrN3O4S. The molecule has 3 aliphatic rings. The molecule has 3 N–H and O–H groups in total. The molecule has 3 fully saturated rings. The first-order valence-corrected chi connectivity index (χ1v) is 14.4. The number of amides is 3. The Labute approximate surface area is 220 Å². The van der Waals surface area contributed by atoms with Gasteiger partial charge in [0.05, 0.1) is 29.2 Å². The van der Waals surface area contributed by atoms with Gasteiger partial charge in [0.2, 0.25) is 17.7 Å². The maximum atomic E-state index is 14.1. The number of halogens is 1. The maximum Gasteiger partial charge on any atom is 0.244 e. The van der Waals surface area contributed by atoms with Gasteiger partial charge in [-0.15, -0.1) is 11.8 Å². The smallest absolute Gasteiger partial charge is 0.244 e. The van der Waals surface area contributed by atoms with E-state index in [0.717, 1.165) is 12.8 Å². The van der Waals surface area contributed by atoms with Gasteiger partial charge in [-0.05, 0) is 37.3 Å². The summed E-state index contributed by atoms with van der Waals surface area (Å²) in [6.07, 6.45) is 3.04. The Morgan fingerprint density at radius 2 is 1.97 bits per heavy atom. The van der Waals surface area contributed by atoms with Crippen LogP contribution in [0.2, 0.25) is 0 Å². The van der Waals surface area contributed by atoms with Crippen molar-refractivity contribution >= 4 is 51.1 Å². The lowest BCUT2D eigenvalue weighted by molar-refractivity contribution is -0.142. The first kappa shape index (κ1) is 26.5. The second-order valence-corrected chi connectivity index (χ2v) is 13.1. The zero-order valence-corrected chi connectivity index (χ0v) is 23.0. The maximum absolute atomic E-state index is 14.1. The van der Waals surface area contributed by atoms with E-state index in [1.807, 2.05) is 44.2 Å². The molecule has 3 heterocycles. The number of aliphatic hydroxyl groups is 1. The van der Waals surface area contributed by atoms with Crippen molar-refractivity contribution in [1.82, 2.24) is 10.2 Å². The number of para-hydroxylation sites is 1. The van der Waals surface area contributed by atoms with E-state index in [-0.39, 0.29) is 40.3 Å². The van der Waals surface area contributed by atoms with E-state index in [1.165, 1.54) is 0 Å². The number of rotatable bonds is 10. The van der Waals surface area contributed by atoms with Gasteiger partial charge in [0.25, 0.3) is 0 Å². The number of carbonyl (C=O) groups is 3. The van der Waals surface area contributed by atoms with Crippen LogP contribution in [0.3, 0.4) is 0 Å². The van der Waals surface area contributed by atoms with Crippen LogP contribution in [0.5, 0.6) is 0 Å². The summed E-state index contributed by atoms with van der Waals surface area (Å²) in [5, 5.41) is 16.3. The second-order valence-electron chi connectivity index (χ2n) is 10.4. The lowest BCUT2D eigenvalue weighted by atomic mass is 9.70. The molecule has 35 heavy (non-hydrogen) atoms. The molecule has 3 unspecified atom stereocenters. The molecule has 0 saturated carbocycles. The van der Waals surface area contributed by atoms with Gasteiger partial charge in [-0.3, -0.25) is 14.4 Å². The topological polar surface area (TPSA) is 98.7 Å². The van der Waals surface area contributed by atoms with Crippen LogP contribution < -0.4 is 10.6 Å². The van der Waals surface area contributed by atoms with E-state index in [1.54, 1.807) is 16.7 Å². The molecule has 3 amide bonds. The molecule has 7 atom stereocenters. The van der Waals surface area contributed by atoms with Gasteiger partial charge in [-0.2, -0.15) is 0 Å². The molecule has 4 rings (SSSR count). The predicted octanol–water partition coefficient (Wildman–Crippen LogP) is 3.41. The van der Waals surface area contributed by atoms with E-state index >= 15 is 0 Å². The van der Waals surface area contributed by atoms with Crippen LogP contribution in [0.1, 0.15) is 46.5 Å². The second kappa shape index (κ2) is 10.8. The van der Waals surface area contributed by atoms with E-state index in [0.29, 0.717) is 25.1 Å². The normalized spacial score (nSPS) is 32.1. The van der Waals surface area contributed by atoms with Crippen molar-refractivity contribution in [2.75, 3.05) is 18.5 Å². The molecule has 192 valence electrons. The van der Waals surface area contributed by atoms with E-state index in [2.05, 4.69) is 33.5 Å². The highest BCUT2D eigenvalue weighted by Gasteiger charge is 2.76. The Morgan fingerprint density at radius 3 is 2.60 bits per heavy atom. The number of nitrogens with zero attached hydrogens (tertiary/aromatic N) is 1. The van der Waals surface area contributed by atoms with E-state index in [4.69, 9.17) is 0 Å². The van der Waals surface area contributed by atoms with Crippen molar-refractivity contribution in [1.29, 1.82) is 0 Å². The third-order valence-corrected chi connectivity index (χ3v) is 10.7. The molecule has 1 aromatic carbocycles. The standard InChI is InChI=1S/C26H36BrN3O4S/c1-4-5-11-28-24(33)22-26-13-18(27)21(35-26)19(23(32)29-16-9-7-6-8-10-16)20(26)25(34)30(22)17(14-31)12-15(2)3/h6-10,15,17-22,31H,4-5,11-14H2,1-3H3,(H,28,33)(H,29,32)/t17-,18?,19+,20+,21+,22?,26?/m1/s1. The third kappa shape index (κ3) is 4.76. The zero-order valence-electron chi connectivity index (χ0n) is 20.6. The molecule has 7 nitrogen and oxygen atoms in total. The van der Waals surface area contributed by atoms with Crippen molar-refractivity contribution in [2.24, 2.45) is 17.8 Å². The van der Waals surface area contributed by atoms with Gasteiger partial charge < -0.3 is 20.6 Å². The lowest BCUT2D eigenvalue weighted by Gasteiger charge is -2.37. The largest absolute Gasteiger partial charge is 0.394 e. The number of unbranched alkanes of at least 4 members (excludes halogenated alkanes) is 1. The first-order valence-electron chi connectivity index (χ1n) is 12.6.